The number of carbonyl (C=O) groups excluding carboxylic acids is 2. The standard InChI is InChI=1S/C16H13BrN2O2S/c1-3-11-5-4-6-12(9-11)19(10-14(20)18-2)16(21)15-13(17)7-8-22-15/h1,4-9H,10H2,2H3,(H,18,20). The first-order valence-electron chi connectivity index (χ1n) is 6.39. The molecule has 2 aromatic rings. The third kappa shape index (κ3) is 3.56. The number of hydrogen-bond acceptors (Lipinski definition) is 3. The molecule has 22 heavy (non-hydrogen) atoms. The Morgan fingerprint density at radius 2 is 2.18 bits per heavy atom. The zero-order valence-corrected chi connectivity index (χ0v) is 14.2. The summed E-state index contributed by atoms with van der Waals surface area (Å²) in [6.45, 7) is -0.0757. The predicted molar refractivity (Wildman–Crippen MR) is 92.1 cm³/mol. The number of anilines is 1. The molecule has 0 saturated heterocycles. The van der Waals surface area contributed by atoms with Crippen molar-refractivity contribution in [2.45, 2.75) is 0 Å². The highest BCUT2D eigenvalue weighted by molar-refractivity contribution is 9.10. The maximum absolute atomic E-state index is 12.8. The second kappa shape index (κ2) is 7.25. The summed E-state index contributed by atoms with van der Waals surface area (Å²) in [4.78, 5) is 26.5. The van der Waals surface area contributed by atoms with Crippen LogP contribution in [0, 0.1) is 12.3 Å². The highest BCUT2D eigenvalue weighted by Gasteiger charge is 2.23. The molecule has 0 bridgehead atoms. The Hall–Kier alpha value is -2.10. The normalized spacial score (nSPS) is 9.86. The largest absolute Gasteiger partial charge is 0.358 e. The van der Waals surface area contributed by atoms with Crippen LogP contribution in [0.25, 0.3) is 0 Å². The first-order chi connectivity index (χ1) is 10.6. The molecular formula is C16H13BrN2O2S. The van der Waals surface area contributed by atoms with Gasteiger partial charge >= 0.3 is 0 Å². The highest BCUT2D eigenvalue weighted by Crippen LogP contribution is 2.27. The van der Waals surface area contributed by atoms with Crippen LogP contribution in [0.2, 0.25) is 0 Å². The van der Waals surface area contributed by atoms with Gasteiger partial charge in [0.1, 0.15) is 11.4 Å². The van der Waals surface area contributed by atoms with Crippen molar-refractivity contribution in [3.63, 3.8) is 0 Å². The van der Waals surface area contributed by atoms with Crippen LogP contribution in [0.5, 0.6) is 0 Å². The molecule has 1 heterocycles. The Balaban J connectivity index is 2.42. The lowest BCUT2D eigenvalue weighted by atomic mass is 10.2. The molecule has 0 atom stereocenters. The number of carbonyl (C=O) groups is 2. The molecular weight excluding hydrogens is 364 g/mol. The predicted octanol–water partition coefficient (Wildman–Crippen LogP) is 2.88. The molecule has 0 spiro atoms. The molecule has 0 fully saturated rings. The molecule has 0 radical (unpaired) electrons. The van der Waals surface area contributed by atoms with Gasteiger partial charge in [0.15, 0.2) is 0 Å². The molecule has 112 valence electrons. The molecule has 0 unspecified atom stereocenters. The average Bonchev–Trinajstić information content (AvgIpc) is 2.97. The molecule has 0 aliphatic carbocycles. The molecule has 2 rings (SSSR count). The number of terminal acetylenes is 1. The van der Waals surface area contributed by atoms with Gasteiger partial charge in [-0.15, -0.1) is 17.8 Å². The van der Waals surface area contributed by atoms with Gasteiger partial charge in [0.25, 0.3) is 5.91 Å². The summed E-state index contributed by atoms with van der Waals surface area (Å²) in [5.74, 6) is 2.02. The number of halogens is 1. The Kier molecular flexibility index (Phi) is 5.36. The zero-order valence-electron chi connectivity index (χ0n) is 11.8. The monoisotopic (exact) mass is 376 g/mol. The van der Waals surface area contributed by atoms with E-state index in [1.165, 1.54) is 23.3 Å². The number of likely N-dealkylation sites (N-methyl/N-ethyl adjacent to an activating group) is 1. The highest BCUT2D eigenvalue weighted by atomic mass is 79.9. The number of thiophene rings is 1. The fourth-order valence-electron chi connectivity index (χ4n) is 1.84. The van der Waals surface area contributed by atoms with Crippen LogP contribution in [0.1, 0.15) is 15.2 Å². The topological polar surface area (TPSA) is 49.4 Å². The van der Waals surface area contributed by atoms with Gasteiger partial charge in [-0.2, -0.15) is 0 Å². The van der Waals surface area contributed by atoms with Crippen LogP contribution in [-0.2, 0) is 4.79 Å². The second-order valence-electron chi connectivity index (χ2n) is 4.36. The summed E-state index contributed by atoms with van der Waals surface area (Å²) in [5, 5.41) is 4.34. The van der Waals surface area contributed by atoms with Gasteiger partial charge in [-0.3, -0.25) is 14.5 Å². The summed E-state index contributed by atoms with van der Waals surface area (Å²) in [7, 11) is 1.53. The van der Waals surface area contributed by atoms with E-state index in [9.17, 15) is 9.59 Å². The third-order valence-electron chi connectivity index (χ3n) is 2.96. The maximum atomic E-state index is 12.8. The van der Waals surface area contributed by atoms with E-state index in [1.54, 1.807) is 30.3 Å². The van der Waals surface area contributed by atoms with Gasteiger partial charge in [-0.05, 0) is 45.6 Å². The van der Waals surface area contributed by atoms with Crippen molar-refractivity contribution >= 4 is 44.8 Å². The third-order valence-corrected chi connectivity index (χ3v) is 4.79. The van der Waals surface area contributed by atoms with E-state index in [4.69, 9.17) is 6.42 Å². The van der Waals surface area contributed by atoms with E-state index < -0.39 is 0 Å². The van der Waals surface area contributed by atoms with E-state index in [1.807, 2.05) is 5.38 Å². The molecule has 1 aromatic carbocycles. The lowest BCUT2D eigenvalue weighted by Gasteiger charge is -2.22. The smallest absolute Gasteiger partial charge is 0.269 e. The van der Waals surface area contributed by atoms with Gasteiger partial charge in [0, 0.05) is 22.8 Å². The summed E-state index contributed by atoms with van der Waals surface area (Å²) in [6, 6.07) is 8.80. The molecule has 2 amide bonds. The van der Waals surface area contributed by atoms with Crippen molar-refractivity contribution in [3.05, 3.63) is 50.6 Å². The number of hydrogen-bond donors (Lipinski definition) is 1. The van der Waals surface area contributed by atoms with Crippen molar-refractivity contribution < 1.29 is 9.59 Å². The fourth-order valence-corrected chi connectivity index (χ4v) is 3.32. The number of amides is 2. The van der Waals surface area contributed by atoms with Crippen molar-refractivity contribution in [1.82, 2.24) is 5.32 Å². The first kappa shape index (κ1) is 16.3. The molecule has 6 heteroatoms. The number of nitrogens with zero attached hydrogens (tertiary/aromatic N) is 1. The summed E-state index contributed by atoms with van der Waals surface area (Å²) in [6.07, 6.45) is 5.40. The fraction of sp³-hybridized carbons (Fsp3) is 0.125. The lowest BCUT2D eigenvalue weighted by molar-refractivity contribution is -0.119. The zero-order chi connectivity index (χ0) is 16.1. The van der Waals surface area contributed by atoms with E-state index >= 15 is 0 Å². The maximum Gasteiger partial charge on any atom is 0.269 e. The quantitative estimate of drug-likeness (QED) is 0.834. The van der Waals surface area contributed by atoms with E-state index in [0.717, 1.165) is 0 Å². The van der Waals surface area contributed by atoms with E-state index in [-0.39, 0.29) is 18.4 Å². The van der Waals surface area contributed by atoms with Gasteiger partial charge in [-0.1, -0.05) is 12.0 Å². The van der Waals surface area contributed by atoms with Crippen molar-refractivity contribution in [3.8, 4) is 12.3 Å². The minimum absolute atomic E-state index is 0.0757. The van der Waals surface area contributed by atoms with Crippen LogP contribution >= 0.6 is 27.3 Å². The summed E-state index contributed by atoms with van der Waals surface area (Å²) in [5.41, 5.74) is 1.24. The Morgan fingerprint density at radius 1 is 1.41 bits per heavy atom. The van der Waals surface area contributed by atoms with Crippen LogP contribution in [-0.4, -0.2) is 25.4 Å². The molecule has 0 saturated carbocycles. The Bertz CT molecular complexity index is 749. The number of benzene rings is 1. The van der Waals surface area contributed by atoms with Gasteiger partial charge in [0.2, 0.25) is 5.91 Å². The van der Waals surface area contributed by atoms with Crippen molar-refractivity contribution in [2.75, 3.05) is 18.5 Å². The van der Waals surface area contributed by atoms with E-state index in [2.05, 4.69) is 27.2 Å². The van der Waals surface area contributed by atoms with Crippen LogP contribution < -0.4 is 10.2 Å². The van der Waals surface area contributed by atoms with Crippen LogP contribution in [0.3, 0.4) is 0 Å². The molecule has 0 aliphatic heterocycles. The van der Waals surface area contributed by atoms with Crippen LogP contribution in [0.15, 0.2) is 40.2 Å². The summed E-state index contributed by atoms with van der Waals surface area (Å²) >= 11 is 4.66. The lowest BCUT2D eigenvalue weighted by Crippen LogP contribution is -2.39. The van der Waals surface area contributed by atoms with Gasteiger partial charge in [-0.25, -0.2) is 0 Å². The first-order valence-corrected chi connectivity index (χ1v) is 8.06. The van der Waals surface area contributed by atoms with E-state index in [0.29, 0.717) is 20.6 Å². The average molecular weight is 377 g/mol. The number of nitrogens with one attached hydrogen (secondary N) is 1. The Morgan fingerprint density at radius 3 is 2.77 bits per heavy atom. The van der Waals surface area contributed by atoms with Crippen LogP contribution in [0.4, 0.5) is 5.69 Å². The number of rotatable bonds is 4. The minimum atomic E-state index is -0.257. The van der Waals surface area contributed by atoms with Gasteiger partial charge in [0.05, 0.1) is 0 Å². The molecule has 0 aliphatic rings. The molecule has 1 N–H and O–H groups in total. The SMILES string of the molecule is C#Cc1cccc(N(CC(=O)NC)C(=O)c2sccc2Br)c1. The minimum Gasteiger partial charge on any atom is -0.358 e. The Labute approximate surface area is 141 Å². The molecule has 1 aromatic heterocycles. The van der Waals surface area contributed by atoms with Crippen molar-refractivity contribution in [1.29, 1.82) is 0 Å². The van der Waals surface area contributed by atoms with Crippen molar-refractivity contribution in [2.24, 2.45) is 0 Å². The van der Waals surface area contributed by atoms with Gasteiger partial charge < -0.3 is 5.32 Å². The molecule has 4 nitrogen and oxygen atoms in total. The second-order valence-corrected chi connectivity index (χ2v) is 6.13. The summed E-state index contributed by atoms with van der Waals surface area (Å²) < 4.78 is 0.706.